The lowest BCUT2D eigenvalue weighted by Crippen LogP contribution is -2.50. The Hall–Kier alpha value is -2.87. The van der Waals surface area contributed by atoms with Crippen LogP contribution in [0, 0.1) is 17.8 Å². The predicted octanol–water partition coefficient (Wildman–Crippen LogP) is 6.02. The Balaban J connectivity index is 1.14. The Morgan fingerprint density at radius 1 is 0.902 bits per heavy atom. The van der Waals surface area contributed by atoms with Gasteiger partial charge in [0.05, 0.1) is 19.6 Å². The summed E-state index contributed by atoms with van der Waals surface area (Å²) in [4.78, 5) is 31.8. The minimum absolute atomic E-state index is 0.0334. The first-order chi connectivity index (χ1) is 20.0. The van der Waals surface area contributed by atoms with Gasteiger partial charge >= 0.3 is 0 Å². The second kappa shape index (κ2) is 9.85. The number of amides is 1. The van der Waals surface area contributed by atoms with Crippen LogP contribution in [0.3, 0.4) is 0 Å². The van der Waals surface area contributed by atoms with Crippen LogP contribution in [-0.2, 0) is 18.3 Å². The SMILES string of the molecule is COc1cccc(OC)c1C(=O)N1CCN(c2nc(C34CC5CC(CC(C5)C3)C4)nc3sc4c(c23)CCCC4)CC1. The number of anilines is 1. The van der Waals surface area contributed by atoms with E-state index in [1.165, 1.54) is 78.4 Å². The predicted molar refractivity (Wildman–Crippen MR) is 162 cm³/mol. The molecule has 0 unspecified atom stereocenters. The zero-order chi connectivity index (χ0) is 27.7. The average molecular weight is 573 g/mol. The molecule has 1 saturated heterocycles. The first-order valence-electron chi connectivity index (χ1n) is 15.6. The van der Waals surface area contributed by atoms with Crippen molar-refractivity contribution in [2.75, 3.05) is 45.3 Å². The Kier molecular flexibility index (Phi) is 6.20. The van der Waals surface area contributed by atoms with E-state index in [1.54, 1.807) is 14.2 Å². The molecule has 4 bridgehead atoms. The number of piperazine rings is 1. The van der Waals surface area contributed by atoms with Crippen LogP contribution >= 0.6 is 11.3 Å². The number of thiophene rings is 1. The van der Waals surface area contributed by atoms with Crippen molar-refractivity contribution in [1.29, 1.82) is 0 Å². The second-order valence-electron chi connectivity index (χ2n) is 13.3. The van der Waals surface area contributed by atoms with Gasteiger partial charge in [0.1, 0.15) is 33.5 Å². The maximum Gasteiger partial charge on any atom is 0.261 e. The first-order valence-corrected chi connectivity index (χ1v) is 16.4. The number of fused-ring (bicyclic) bond motifs is 3. The van der Waals surface area contributed by atoms with Gasteiger partial charge in [0.25, 0.3) is 5.91 Å². The highest BCUT2D eigenvalue weighted by atomic mass is 32.1. The maximum absolute atomic E-state index is 13.7. The van der Waals surface area contributed by atoms with Gasteiger partial charge in [0.15, 0.2) is 0 Å². The number of hydrogen-bond donors (Lipinski definition) is 0. The summed E-state index contributed by atoms with van der Waals surface area (Å²) < 4.78 is 11.1. The highest BCUT2D eigenvalue weighted by Gasteiger charge is 2.53. The van der Waals surface area contributed by atoms with Crippen LogP contribution in [0.4, 0.5) is 5.82 Å². The van der Waals surface area contributed by atoms with E-state index in [4.69, 9.17) is 19.4 Å². The maximum atomic E-state index is 13.7. The standard InChI is InChI=1S/C33H40N4O3S/c1-39-24-7-5-8-25(40-2)28(24)31(38)37-12-10-36(11-13-37)29-27-23-6-3-4-9-26(23)41-30(27)35-32(34-29)33-17-20-14-21(18-33)16-22(15-20)19-33/h5,7-8,20-22H,3-4,6,9-19H2,1-2H3. The number of hydrogen-bond acceptors (Lipinski definition) is 7. The number of methoxy groups -OCH3 is 2. The number of benzene rings is 1. The molecule has 2 aromatic heterocycles. The molecule has 41 heavy (non-hydrogen) atoms. The van der Waals surface area contributed by atoms with Crippen LogP contribution in [-0.4, -0.2) is 61.2 Å². The normalized spacial score (nSPS) is 28.7. The smallest absolute Gasteiger partial charge is 0.261 e. The zero-order valence-electron chi connectivity index (χ0n) is 24.3. The number of carbonyl (C=O) groups is 1. The molecule has 0 radical (unpaired) electrons. The molecule has 0 spiro atoms. The number of nitrogens with zero attached hydrogens (tertiary/aromatic N) is 4. The molecule has 1 aliphatic heterocycles. The molecule has 3 aromatic rings. The lowest BCUT2D eigenvalue weighted by molar-refractivity contribution is -0.00918. The van der Waals surface area contributed by atoms with E-state index in [1.807, 2.05) is 34.4 Å². The molecule has 216 valence electrons. The monoisotopic (exact) mass is 572 g/mol. The summed E-state index contributed by atoms with van der Waals surface area (Å²) in [6.45, 7) is 2.82. The third-order valence-corrected chi connectivity index (χ3v) is 12.0. The fourth-order valence-corrected chi connectivity index (χ4v) is 10.6. The Labute approximate surface area is 246 Å². The molecule has 7 nitrogen and oxygen atoms in total. The lowest BCUT2D eigenvalue weighted by Gasteiger charge is -2.56. The second-order valence-corrected chi connectivity index (χ2v) is 14.4. The molecule has 5 fully saturated rings. The summed E-state index contributed by atoms with van der Waals surface area (Å²) in [6.07, 6.45) is 12.9. The molecule has 6 aliphatic rings. The number of rotatable bonds is 5. The molecular weight excluding hydrogens is 532 g/mol. The van der Waals surface area contributed by atoms with Gasteiger partial charge in [0.2, 0.25) is 0 Å². The van der Waals surface area contributed by atoms with Crippen LogP contribution in [0.15, 0.2) is 18.2 Å². The van der Waals surface area contributed by atoms with Crippen molar-refractivity contribution in [1.82, 2.24) is 14.9 Å². The highest BCUT2D eigenvalue weighted by molar-refractivity contribution is 7.19. The molecule has 1 amide bonds. The number of aryl methyl sites for hydroxylation is 2. The molecule has 0 atom stereocenters. The molecule has 4 saturated carbocycles. The van der Waals surface area contributed by atoms with Gasteiger partial charge in [-0.3, -0.25) is 4.79 Å². The van der Waals surface area contributed by atoms with Crippen molar-refractivity contribution in [3.63, 3.8) is 0 Å². The third-order valence-electron chi connectivity index (χ3n) is 10.8. The fourth-order valence-electron chi connectivity index (χ4n) is 9.33. The van der Waals surface area contributed by atoms with Crippen molar-refractivity contribution in [3.05, 3.63) is 40.0 Å². The van der Waals surface area contributed by atoms with Crippen LogP contribution < -0.4 is 14.4 Å². The summed E-state index contributed by atoms with van der Waals surface area (Å²) in [7, 11) is 3.21. The minimum atomic E-state index is -0.0334. The molecule has 0 N–H and O–H groups in total. The van der Waals surface area contributed by atoms with Gasteiger partial charge in [-0.1, -0.05) is 6.07 Å². The van der Waals surface area contributed by atoms with Gasteiger partial charge < -0.3 is 19.3 Å². The fraction of sp³-hybridized carbons (Fsp3) is 0.606. The van der Waals surface area contributed by atoms with Gasteiger partial charge in [-0.15, -0.1) is 11.3 Å². The molecular formula is C33H40N4O3S. The molecule has 9 rings (SSSR count). The molecule has 8 heteroatoms. The Morgan fingerprint density at radius 3 is 2.17 bits per heavy atom. The van der Waals surface area contributed by atoms with Crippen LogP contribution in [0.25, 0.3) is 10.2 Å². The van der Waals surface area contributed by atoms with Crippen LogP contribution in [0.5, 0.6) is 11.5 Å². The topological polar surface area (TPSA) is 67.8 Å². The third kappa shape index (κ3) is 4.15. The zero-order valence-corrected chi connectivity index (χ0v) is 25.1. The summed E-state index contributed by atoms with van der Waals surface area (Å²) in [5.74, 6) is 5.94. The van der Waals surface area contributed by atoms with Crippen molar-refractivity contribution in [2.45, 2.75) is 69.6 Å². The molecule has 3 heterocycles. The van der Waals surface area contributed by atoms with Gasteiger partial charge in [0, 0.05) is 36.5 Å². The van der Waals surface area contributed by atoms with Gasteiger partial charge in [-0.2, -0.15) is 0 Å². The Morgan fingerprint density at radius 2 is 1.54 bits per heavy atom. The highest BCUT2D eigenvalue weighted by Crippen LogP contribution is 2.60. The van der Waals surface area contributed by atoms with E-state index < -0.39 is 0 Å². The number of carbonyl (C=O) groups excluding carboxylic acids is 1. The van der Waals surface area contributed by atoms with Crippen LogP contribution in [0.2, 0.25) is 0 Å². The van der Waals surface area contributed by atoms with Crippen molar-refractivity contribution < 1.29 is 14.3 Å². The van der Waals surface area contributed by atoms with Crippen molar-refractivity contribution in [3.8, 4) is 11.5 Å². The molecule has 5 aliphatic carbocycles. The van der Waals surface area contributed by atoms with E-state index in [2.05, 4.69) is 4.90 Å². The first kappa shape index (κ1) is 25.8. The van der Waals surface area contributed by atoms with E-state index in [0.29, 0.717) is 30.2 Å². The van der Waals surface area contributed by atoms with Crippen molar-refractivity contribution in [2.24, 2.45) is 17.8 Å². The van der Waals surface area contributed by atoms with Gasteiger partial charge in [-0.25, -0.2) is 9.97 Å². The van der Waals surface area contributed by atoms with E-state index in [0.717, 1.165) is 48.9 Å². The lowest BCUT2D eigenvalue weighted by atomic mass is 9.49. The summed E-state index contributed by atoms with van der Waals surface area (Å²) in [6, 6.07) is 5.51. The van der Waals surface area contributed by atoms with E-state index in [9.17, 15) is 4.79 Å². The minimum Gasteiger partial charge on any atom is -0.496 e. The van der Waals surface area contributed by atoms with E-state index in [-0.39, 0.29) is 11.3 Å². The number of ether oxygens (including phenoxy) is 2. The van der Waals surface area contributed by atoms with Crippen LogP contribution in [0.1, 0.15) is 78.0 Å². The largest absolute Gasteiger partial charge is 0.496 e. The summed E-state index contributed by atoms with van der Waals surface area (Å²) in [5, 5.41) is 1.31. The molecule has 1 aromatic carbocycles. The summed E-state index contributed by atoms with van der Waals surface area (Å²) in [5.41, 5.74) is 2.17. The van der Waals surface area contributed by atoms with Gasteiger partial charge in [-0.05, 0) is 99.7 Å². The summed E-state index contributed by atoms with van der Waals surface area (Å²) >= 11 is 1.94. The Bertz CT molecular complexity index is 1450. The van der Waals surface area contributed by atoms with E-state index >= 15 is 0 Å². The average Bonchev–Trinajstić information content (AvgIpc) is 3.38. The van der Waals surface area contributed by atoms with Crippen molar-refractivity contribution >= 4 is 33.3 Å². The quantitative estimate of drug-likeness (QED) is 0.373. The number of aromatic nitrogens is 2.